The van der Waals surface area contributed by atoms with E-state index in [4.69, 9.17) is 28.9 Å². The van der Waals surface area contributed by atoms with E-state index in [9.17, 15) is 0 Å². The molecule has 1 aliphatic carbocycles. The molecule has 0 bridgehead atoms. The van der Waals surface area contributed by atoms with Gasteiger partial charge in [-0.1, -0.05) is 47.5 Å². The van der Waals surface area contributed by atoms with E-state index in [-0.39, 0.29) is 6.04 Å². The van der Waals surface area contributed by atoms with E-state index in [1.165, 1.54) is 11.1 Å². The number of halogens is 2. The molecule has 2 atom stereocenters. The van der Waals surface area contributed by atoms with Crippen molar-refractivity contribution >= 4 is 23.2 Å². The van der Waals surface area contributed by atoms with Crippen molar-refractivity contribution in [3.05, 3.63) is 69.2 Å². The fraction of sp³-hybridized carbons (Fsp3) is 0.250. The van der Waals surface area contributed by atoms with Gasteiger partial charge in [0.25, 0.3) is 0 Å². The van der Waals surface area contributed by atoms with Crippen LogP contribution in [0.15, 0.2) is 42.5 Å². The zero-order chi connectivity index (χ0) is 13.4. The van der Waals surface area contributed by atoms with Crippen LogP contribution in [0.2, 0.25) is 10.0 Å². The number of fused-ring (bicyclic) bond motifs is 1. The molecule has 0 heterocycles. The molecule has 1 nitrogen and oxygen atoms in total. The molecule has 3 heteroatoms. The molecular formula is C16H15Cl2N. The summed E-state index contributed by atoms with van der Waals surface area (Å²) in [5, 5.41) is 1.38. The highest BCUT2D eigenvalue weighted by atomic mass is 35.5. The van der Waals surface area contributed by atoms with Gasteiger partial charge in [0.05, 0.1) is 0 Å². The van der Waals surface area contributed by atoms with E-state index in [0.29, 0.717) is 16.0 Å². The van der Waals surface area contributed by atoms with Crippen LogP contribution in [0.25, 0.3) is 0 Å². The van der Waals surface area contributed by atoms with Crippen LogP contribution in [-0.2, 0) is 6.42 Å². The maximum absolute atomic E-state index is 6.44. The molecule has 3 rings (SSSR count). The van der Waals surface area contributed by atoms with Crippen molar-refractivity contribution in [2.45, 2.75) is 24.8 Å². The van der Waals surface area contributed by atoms with Crippen LogP contribution in [0, 0.1) is 0 Å². The molecule has 0 aliphatic heterocycles. The minimum Gasteiger partial charge on any atom is -0.323 e. The first-order valence-electron chi connectivity index (χ1n) is 6.45. The van der Waals surface area contributed by atoms with Crippen LogP contribution in [0.3, 0.4) is 0 Å². The Hall–Kier alpha value is -1.02. The second-order valence-electron chi connectivity index (χ2n) is 5.04. The summed E-state index contributed by atoms with van der Waals surface area (Å²) < 4.78 is 0. The number of nitrogens with two attached hydrogens (primary N) is 1. The molecule has 2 N–H and O–H groups in total. The fourth-order valence-electron chi connectivity index (χ4n) is 2.95. The second kappa shape index (κ2) is 5.16. The Balaban J connectivity index is 1.97. The predicted molar refractivity (Wildman–Crippen MR) is 80.9 cm³/mol. The molecule has 2 aromatic rings. The molecule has 98 valence electrons. The van der Waals surface area contributed by atoms with Gasteiger partial charge < -0.3 is 5.73 Å². The van der Waals surface area contributed by atoms with Crippen LogP contribution < -0.4 is 5.73 Å². The zero-order valence-electron chi connectivity index (χ0n) is 10.4. The number of hydrogen-bond acceptors (Lipinski definition) is 1. The van der Waals surface area contributed by atoms with Gasteiger partial charge in [-0.25, -0.2) is 0 Å². The standard InChI is InChI=1S/C16H15Cl2N/c17-11-6-8-15(18)14(9-11)16(19)13-7-5-10-3-1-2-4-12(10)13/h1-4,6,8-9,13,16H,5,7,19H2. The van der Waals surface area contributed by atoms with Crippen LogP contribution >= 0.6 is 23.2 Å². The van der Waals surface area contributed by atoms with Gasteiger partial charge in [0.1, 0.15) is 0 Å². The Morgan fingerprint density at radius 3 is 2.74 bits per heavy atom. The lowest BCUT2D eigenvalue weighted by atomic mass is 9.89. The van der Waals surface area contributed by atoms with Gasteiger partial charge in [0.2, 0.25) is 0 Å². The summed E-state index contributed by atoms with van der Waals surface area (Å²) in [6.45, 7) is 0. The Labute approximate surface area is 123 Å². The summed E-state index contributed by atoms with van der Waals surface area (Å²) in [7, 11) is 0. The Morgan fingerprint density at radius 2 is 1.89 bits per heavy atom. The topological polar surface area (TPSA) is 26.0 Å². The molecular weight excluding hydrogens is 277 g/mol. The van der Waals surface area contributed by atoms with Crippen molar-refractivity contribution < 1.29 is 0 Å². The van der Waals surface area contributed by atoms with E-state index in [1.807, 2.05) is 12.1 Å². The maximum Gasteiger partial charge on any atom is 0.0454 e. The molecule has 0 saturated heterocycles. The number of rotatable bonds is 2. The van der Waals surface area contributed by atoms with E-state index in [1.54, 1.807) is 6.07 Å². The minimum atomic E-state index is -0.102. The molecule has 0 radical (unpaired) electrons. The van der Waals surface area contributed by atoms with Gasteiger partial charge >= 0.3 is 0 Å². The van der Waals surface area contributed by atoms with Gasteiger partial charge in [-0.05, 0) is 47.7 Å². The van der Waals surface area contributed by atoms with Gasteiger partial charge in [-0.3, -0.25) is 0 Å². The first kappa shape index (κ1) is 13.0. The highest BCUT2D eigenvalue weighted by Gasteiger charge is 2.29. The Morgan fingerprint density at radius 1 is 1.11 bits per heavy atom. The smallest absolute Gasteiger partial charge is 0.0454 e. The largest absolute Gasteiger partial charge is 0.323 e. The molecule has 1 aliphatic rings. The van der Waals surface area contributed by atoms with Gasteiger partial charge in [0, 0.05) is 22.0 Å². The molecule has 19 heavy (non-hydrogen) atoms. The second-order valence-corrected chi connectivity index (χ2v) is 5.88. The highest BCUT2D eigenvalue weighted by Crippen LogP contribution is 2.42. The third-order valence-electron chi connectivity index (χ3n) is 3.93. The van der Waals surface area contributed by atoms with Gasteiger partial charge in [0.15, 0.2) is 0 Å². The van der Waals surface area contributed by atoms with Crippen molar-refractivity contribution in [3.63, 3.8) is 0 Å². The molecule has 2 unspecified atom stereocenters. The lowest BCUT2D eigenvalue weighted by molar-refractivity contribution is 0.551. The quantitative estimate of drug-likeness (QED) is 0.851. The van der Waals surface area contributed by atoms with Crippen LogP contribution in [0.1, 0.15) is 35.1 Å². The van der Waals surface area contributed by atoms with E-state index < -0.39 is 0 Å². The monoisotopic (exact) mass is 291 g/mol. The SMILES string of the molecule is NC(c1cc(Cl)ccc1Cl)C1CCc2ccccc21. The molecule has 0 spiro atoms. The molecule has 0 fully saturated rings. The number of hydrogen-bond donors (Lipinski definition) is 1. The first-order valence-corrected chi connectivity index (χ1v) is 7.21. The maximum atomic E-state index is 6.44. The molecule has 0 saturated carbocycles. The van der Waals surface area contributed by atoms with Crippen LogP contribution in [0.5, 0.6) is 0 Å². The van der Waals surface area contributed by atoms with E-state index >= 15 is 0 Å². The average molecular weight is 292 g/mol. The van der Waals surface area contributed by atoms with Crippen molar-refractivity contribution in [2.75, 3.05) is 0 Å². The third-order valence-corrected chi connectivity index (χ3v) is 4.51. The summed E-state index contributed by atoms with van der Waals surface area (Å²) in [6, 6.07) is 13.9. The predicted octanol–water partition coefficient (Wildman–Crippen LogP) is 4.72. The summed E-state index contributed by atoms with van der Waals surface area (Å²) >= 11 is 12.3. The van der Waals surface area contributed by atoms with Gasteiger partial charge in [-0.2, -0.15) is 0 Å². The first-order chi connectivity index (χ1) is 9.16. The summed E-state index contributed by atoms with van der Waals surface area (Å²) in [4.78, 5) is 0. The molecule has 0 amide bonds. The average Bonchev–Trinajstić information content (AvgIpc) is 2.84. The zero-order valence-corrected chi connectivity index (χ0v) is 12.0. The third kappa shape index (κ3) is 2.38. The number of aryl methyl sites for hydroxylation is 1. The van der Waals surface area contributed by atoms with Crippen molar-refractivity contribution in [1.29, 1.82) is 0 Å². The van der Waals surface area contributed by atoms with Crippen molar-refractivity contribution in [2.24, 2.45) is 5.73 Å². The molecule has 0 aromatic heterocycles. The van der Waals surface area contributed by atoms with Crippen molar-refractivity contribution in [3.8, 4) is 0 Å². The normalized spacial score (nSPS) is 19.2. The summed E-state index contributed by atoms with van der Waals surface area (Å²) in [5.41, 5.74) is 10.1. The summed E-state index contributed by atoms with van der Waals surface area (Å²) in [5.74, 6) is 0.326. The van der Waals surface area contributed by atoms with E-state index in [0.717, 1.165) is 18.4 Å². The fourth-order valence-corrected chi connectivity index (χ4v) is 3.37. The Kier molecular flexibility index (Phi) is 3.53. The minimum absolute atomic E-state index is 0.102. The Bertz CT molecular complexity index is 609. The highest BCUT2D eigenvalue weighted by molar-refractivity contribution is 6.33. The van der Waals surface area contributed by atoms with Gasteiger partial charge in [-0.15, -0.1) is 0 Å². The van der Waals surface area contributed by atoms with Crippen LogP contribution in [0.4, 0.5) is 0 Å². The molecule has 2 aromatic carbocycles. The number of benzene rings is 2. The van der Waals surface area contributed by atoms with Crippen molar-refractivity contribution in [1.82, 2.24) is 0 Å². The van der Waals surface area contributed by atoms with Crippen LogP contribution in [-0.4, -0.2) is 0 Å². The summed E-state index contributed by atoms with van der Waals surface area (Å²) in [6.07, 6.45) is 2.16. The lowest BCUT2D eigenvalue weighted by Crippen LogP contribution is -2.18. The lowest BCUT2D eigenvalue weighted by Gasteiger charge is -2.22. The van der Waals surface area contributed by atoms with E-state index in [2.05, 4.69) is 24.3 Å².